The number of aliphatic hydroxyl groups is 1. The second kappa shape index (κ2) is 8.44. The molecule has 0 saturated heterocycles. The van der Waals surface area contributed by atoms with Gasteiger partial charge < -0.3 is 10.0 Å². The first-order valence-electron chi connectivity index (χ1n) is 7.81. The zero-order chi connectivity index (χ0) is 16.7. The van der Waals surface area contributed by atoms with Crippen LogP contribution in [0.4, 0.5) is 4.39 Å². The number of nitrogens with zero attached hydrogens (tertiary/aromatic N) is 1. The van der Waals surface area contributed by atoms with Crippen LogP contribution < -0.4 is 0 Å². The van der Waals surface area contributed by atoms with Gasteiger partial charge in [0.15, 0.2) is 0 Å². The molecule has 0 heterocycles. The van der Waals surface area contributed by atoms with E-state index in [-0.39, 0.29) is 24.9 Å². The van der Waals surface area contributed by atoms with Crippen LogP contribution in [0.15, 0.2) is 54.6 Å². The Balaban J connectivity index is 2.07. The number of carbonyl (C=O) groups is 1. The molecule has 2 aromatic carbocycles. The van der Waals surface area contributed by atoms with Crippen LogP contribution >= 0.6 is 0 Å². The highest BCUT2D eigenvalue weighted by atomic mass is 19.1. The predicted octanol–water partition coefficient (Wildman–Crippen LogP) is 2.99. The highest BCUT2D eigenvalue weighted by Crippen LogP contribution is 2.21. The van der Waals surface area contributed by atoms with E-state index in [9.17, 15) is 14.3 Å². The minimum atomic E-state index is -0.571. The fourth-order valence-electron chi connectivity index (χ4n) is 2.59. The van der Waals surface area contributed by atoms with Crippen LogP contribution in [-0.4, -0.2) is 35.6 Å². The summed E-state index contributed by atoms with van der Waals surface area (Å²) in [6.07, 6.45) is 0.705. The van der Waals surface area contributed by atoms with E-state index >= 15 is 0 Å². The molecule has 0 bridgehead atoms. The third-order valence-corrected chi connectivity index (χ3v) is 3.94. The summed E-state index contributed by atoms with van der Waals surface area (Å²) < 4.78 is 13.9. The molecule has 2 aromatic rings. The second-order valence-electron chi connectivity index (χ2n) is 5.53. The first-order chi connectivity index (χ1) is 11.1. The first-order valence-corrected chi connectivity index (χ1v) is 7.81. The minimum absolute atomic E-state index is 0.107. The van der Waals surface area contributed by atoms with Crippen LogP contribution in [0.1, 0.15) is 24.0 Å². The van der Waals surface area contributed by atoms with Crippen LogP contribution in [-0.2, 0) is 11.2 Å². The zero-order valence-electron chi connectivity index (χ0n) is 13.3. The maximum Gasteiger partial charge on any atom is 0.230 e. The van der Waals surface area contributed by atoms with Gasteiger partial charge in [0.1, 0.15) is 5.82 Å². The smallest absolute Gasteiger partial charge is 0.230 e. The van der Waals surface area contributed by atoms with Gasteiger partial charge in [-0.3, -0.25) is 4.79 Å². The fourth-order valence-corrected chi connectivity index (χ4v) is 2.59. The van der Waals surface area contributed by atoms with Gasteiger partial charge in [-0.05, 0) is 30.5 Å². The SMILES string of the molecule is CC(C(=O)N(CCO)CCc1ccccc1)c1ccccc1F. The summed E-state index contributed by atoms with van der Waals surface area (Å²) in [6, 6.07) is 16.2. The standard InChI is InChI=1S/C19H22FNO2/c1-15(17-9-5-6-10-18(17)20)19(23)21(13-14-22)12-11-16-7-3-2-4-8-16/h2-10,15,22H,11-14H2,1H3. The van der Waals surface area contributed by atoms with Crippen molar-refractivity contribution < 1.29 is 14.3 Å². The number of hydrogen-bond donors (Lipinski definition) is 1. The predicted molar refractivity (Wildman–Crippen MR) is 88.6 cm³/mol. The summed E-state index contributed by atoms with van der Waals surface area (Å²) in [5.74, 6) is -1.11. The molecule has 0 aliphatic heterocycles. The fraction of sp³-hybridized carbons (Fsp3) is 0.316. The molecule has 2 rings (SSSR count). The molecular weight excluding hydrogens is 293 g/mol. The maximum atomic E-state index is 13.9. The lowest BCUT2D eigenvalue weighted by Gasteiger charge is -2.25. The van der Waals surface area contributed by atoms with E-state index in [1.54, 1.807) is 30.0 Å². The number of hydrogen-bond acceptors (Lipinski definition) is 2. The Hall–Kier alpha value is -2.20. The molecule has 0 saturated carbocycles. The lowest BCUT2D eigenvalue weighted by molar-refractivity contribution is -0.133. The molecule has 0 radical (unpaired) electrons. The molecule has 4 heteroatoms. The molecular formula is C19H22FNO2. The molecule has 0 aliphatic rings. The van der Waals surface area contributed by atoms with Gasteiger partial charge in [0.2, 0.25) is 5.91 Å². The summed E-state index contributed by atoms with van der Waals surface area (Å²) in [6.45, 7) is 2.35. The van der Waals surface area contributed by atoms with Gasteiger partial charge in [0.25, 0.3) is 0 Å². The topological polar surface area (TPSA) is 40.5 Å². The van der Waals surface area contributed by atoms with Gasteiger partial charge in [-0.1, -0.05) is 48.5 Å². The average Bonchev–Trinajstić information content (AvgIpc) is 2.58. The van der Waals surface area contributed by atoms with Gasteiger partial charge in [-0.15, -0.1) is 0 Å². The monoisotopic (exact) mass is 315 g/mol. The van der Waals surface area contributed by atoms with E-state index in [2.05, 4.69) is 0 Å². The molecule has 1 amide bonds. The Labute approximate surface area is 136 Å². The Morgan fingerprint density at radius 3 is 2.39 bits per heavy atom. The summed E-state index contributed by atoms with van der Waals surface area (Å²) in [5.41, 5.74) is 1.52. The van der Waals surface area contributed by atoms with Crippen molar-refractivity contribution in [2.24, 2.45) is 0 Å². The van der Waals surface area contributed by atoms with Crippen LogP contribution in [0.2, 0.25) is 0 Å². The summed E-state index contributed by atoms with van der Waals surface area (Å²) in [5, 5.41) is 9.22. The minimum Gasteiger partial charge on any atom is -0.395 e. The Kier molecular flexibility index (Phi) is 6.29. The molecule has 0 fully saturated rings. The van der Waals surface area contributed by atoms with E-state index < -0.39 is 5.92 Å². The van der Waals surface area contributed by atoms with E-state index in [1.807, 2.05) is 30.3 Å². The Morgan fingerprint density at radius 1 is 1.09 bits per heavy atom. The van der Waals surface area contributed by atoms with Gasteiger partial charge in [0.05, 0.1) is 12.5 Å². The van der Waals surface area contributed by atoms with Crippen molar-refractivity contribution in [1.82, 2.24) is 4.90 Å². The molecule has 0 aliphatic carbocycles. The van der Waals surface area contributed by atoms with Crippen LogP contribution in [0.5, 0.6) is 0 Å². The van der Waals surface area contributed by atoms with E-state index in [0.29, 0.717) is 18.5 Å². The van der Waals surface area contributed by atoms with Crippen molar-refractivity contribution in [1.29, 1.82) is 0 Å². The Morgan fingerprint density at radius 2 is 1.74 bits per heavy atom. The number of aliphatic hydroxyl groups excluding tert-OH is 1. The Bertz CT molecular complexity index is 630. The van der Waals surface area contributed by atoms with Crippen molar-refractivity contribution in [3.63, 3.8) is 0 Å². The van der Waals surface area contributed by atoms with Crippen molar-refractivity contribution >= 4 is 5.91 Å². The molecule has 1 N–H and O–H groups in total. The lowest BCUT2D eigenvalue weighted by Crippen LogP contribution is -2.38. The number of halogens is 1. The molecule has 0 aromatic heterocycles. The van der Waals surface area contributed by atoms with Crippen molar-refractivity contribution in [2.75, 3.05) is 19.7 Å². The van der Waals surface area contributed by atoms with Crippen LogP contribution in [0.3, 0.4) is 0 Å². The third-order valence-electron chi connectivity index (χ3n) is 3.94. The van der Waals surface area contributed by atoms with Crippen molar-refractivity contribution in [3.8, 4) is 0 Å². The summed E-state index contributed by atoms with van der Waals surface area (Å²) in [4.78, 5) is 14.3. The van der Waals surface area contributed by atoms with Crippen LogP contribution in [0.25, 0.3) is 0 Å². The molecule has 1 atom stereocenters. The highest BCUT2D eigenvalue weighted by Gasteiger charge is 2.23. The van der Waals surface area contributed by atoms with Gasteiger partial charge in [-0.2, -0.15) is 0 Å². The first kappa shape index (κ1) is 17.2. The van der Waals surface area contributed by atoms with E-state index in [0.717, 1.165) is 5.56 Å². The maximum absolute atomic E-state index is 13.9. The van der Waals surface area contributed by atoms with Gasteiger partial charge in [-0.25, -0.2) is 4.39 Å². The third kappa shape index (κ3) is 4.63. The quantitative estimate of drug-likeness (QED) is 0.853. The van der Waals surface area contributed by atoms with Crippen molar-refractivity contribution in [2.45, 2.75) is 19.3 Å². The molecule has 23 heavy (non-hydrogen) atoms. The normalized spacial score (nSPS) is 12.0. The molecule has 1 unspecified atom stereocenters. The number of amides is 1. The average molecular weight is 315 g/mol. The number of carbonyl (C=O) groups excluding carboxylic acids is 1. The number of rotatable bonds is 7. The van der Waals surface area contributed by atoms with E-state index in [4.69, 9.17) is 0 Å². The number of benzene rings is 2. The van der Waals surface area contributed by atoms with Gasteiger partial charge >= 0.3 is 0 Å². The highest BCUT2D eigenvalue weighted by molar-refractivity contribution is 5.83. The zero-order valence-corrected chi connectivity index (χ0v) is 13.3. The molecule has 0 spiro atoms. The summed E-state index contributed by atoms with van der Waals surface area (Å²) >= 11 is 0. The summed E-state index contributed by atoms with van der Waals surface area (Å²) in [7, 11) is 0. The van der Waals surface area contributed by atoms with Gasteiger partial charge in [0, 0.05) is 13.1 Å². The molecule has 122 valence electrons. The lowest BCUT2D eigenvalue weighted by atomic mass is 9.98. The van der Waals surface area contributed by atoms with Crippen LogP contribution in [0, 0.1) is 5.82 Å². The molecule has 3 nitrogen and oxygen atoms in total. The van der Waals surface area contributed by atoms with Crippen molar-refractivity contribution in [3.05, 3.63) is 71.5 Å². The van der Waals surface area contributed by atoms with E-state index in [1.165, 1.54) is 6.07 Å². The largest absolute Gasteiger partial charge is 0.395 e. The second-order valence-corrected chi connectivity index (χ2v) is 5.53.